The van der Waals surface area contributed by atoms with Crippen LogP contribution in [0.15, 0.2) is 0 Å². The summed E-state index contributed by atoms with van der Waals surface area (Å²) in [7, 11) is 60.0. The van der Waals surface area contributed by atoms with Crippen LogP contribution in [-0.4, -0.2) is 0 Å². The van der Waals surface area contributed by atoms with Crippen molar-refractivity contribution in [3.63, 3.8) is 0 Å². The average Bonchev–Trinajstić information content (AvgIpc) is 2.60. The maximum absolute atomic E-state index is 3.39. The molecule has 0 rings (SSSR count). The van der Waals surface area contributed by atoms with E-state index in [4.69, 9.17) is 0 Å². The van der Waals surface area contributed by atoms with Gasteiger partial charge in [0.1, 0.15) is 0 Å². The van der Waals surface area contributed by atoms with Gasteiger partial charge < -0.3 is 0 Å². The van der Waals surface area contributed by atoms with E-state index in [2.05, 4.69) is 161 Å². The van der Waals surface area contributed by atoms with Gasteiger partial charge in [0.2, 0.25) is 0 Å². The van der Waals surface area contributed by atoms with Gasteiger partial charge in [-0.25, -0.2) is 0 Å². The van der Waals surface area contributed by atoms with Crippen molar-refractivity contribution in [3.8, 4) is 0 Å². The molecule has 0 amide bonds. The summed E-state index contributed by atoms with van der Waals surface area (Å²) in [6.45, 7) is -0.772. The Morgan fingerprint density at radius 3 is 0.412 bits per heavy atom. The number of hydrogen-bond acceptors (Lipinski definition) is 0. The molecule has 0 aliphatic carbocycles. The molecule has 0 aromatic heterocycles. The van der Waals surface area contributed by atoms with Gasteiger partial charge in [-0.15, -0.1) is 161 Å². The molecule has 0 aliphatic heterocycles. The first-order valence-corrected chi connectivity index (χ1v) is 68.8. The molecule has 0 saturated carbocycles. The van der Waals surface area contributed by atoms with Crippen LogP contribution in [0.5, 0.6) is 0 Å². The predicted octanol–water partition coefficient (Wildman–Crippen LogP) is 19.6. The highest BCUT2D eigenvalue weighted by molar-refractivity contribution is 9.46. The van der Waals surface area contributed by atoms with Crippen molar-refractivity contribution >= 4 is 273 Å². The second kappa shape index (κ2) is 26.4. The smallest absolute Gasteiger partial charge is 0.000261 e. The minimum Gasteiger partial charge on any atom is -0.102 e. The van der Waals surface area contributed by atoms with Crippen LogP contribution in [0.2, 0.25) is 0 Å². The van der Waals surface area contributed by atoms with Gasteiger partial charge in [0, 0.05) is 0 Å². The van der Waals surface area contributed by atoms with E-state index in [1.54, 1.807) is 0 Å². The van der Waals surface area contributed by atoms with E-state index < -0.39 is 0 Å². The Hall–Kier alpha value is 14.6. The third-order valence-corrected chi connectivity index (χ3v) is 228. The zero-order chi connectivity index (χ0) is 27.2. The molecule has 0 heterocycles. The fourth-order valence-electron chi connectivity index (χ4n) is 1.90. The lowest BCUT2D eigenvalue weighted by atomic mass is 28.5. The van der Waals surface area contributed by atoms with E-state index in [1.165, 1.54) is 0 Å². The summed E-state index contributed by atoms with van der Waals surface area (Å²) < 4.78 is 0. The highest BCUT2D eigenvalue weighted by Gasteiger charge is 2.52. The minimum absolute atomic E-state index is 0.000249. The van der Waals surface area contributed by atoms with Gasteiger partial charge in [0.15, 0.2) is 0 Å². The molecule has 34 heteroatoms. The van der Waals surface area contributed by atoms with E-state index >= 15 is 0 Å². The molecule has 0 bridgehead atoms. The Morgan fingerprint density at radius 1 is 0.147 bits per heavy atom. The zero-order valence-electron chi connectivity index (χ0n) is 17.5. The Bertz CT molecular complexity index is 466. The third kappa shape index (κ3) is 17.4. The van der Waals surface area contributed by atoms with Gasteiger partial charge in [-0.05, 0) is 112 Å². The van der Waals surface area contributed by atoms with Gasteiger partial charge >= 0.3 is 0 Å². The lowest BCUT2D eigenvalue weighted by molar-refractivity contribution is 4.40. The standard InChI is InChI=1S/H36P34/c1-19(2)28(20(3)4)32(27(17)18)34(31(25(13)14)26(15)16)33(29(21(5)6)22(7)8)30(23(9)10)24(11)12/h1-18H2. The lowest BCUT2D eigenvalue weighted by Gasteiger charge is -2.54. The van der Waals surface area contributed by atoms with Gasteiger partial charge in [0.25, 0.3) is 0 Å². The lowest BCUT2D eigenvalue weighted by Crippen LogP contribution is -1.66. The summed E-state index contributed by atoms with van der Waals surface area (Å²) in [6, 6.07) is 0. The van der Waals surface area contributed by atoms with Crippen LogP contribution in [0.3, 0.4) is 0 Å². The molecular weight excluding hydrogens is 1050 g/mol. The van der Waals surface area contributed by atoms with Crippen LogP contribution in [0, 0.1) is 0 Å². The second-order valence-corrected chi connectivity index (χ2v) is 143. The topological polar surface area (TPSA) is 0 Å². The Morgan fingerprint density at radius 2 is 0.265 bits per heavy atom. The summed E-state index contributed by atoms with van der Waals surface area (Å²) in [5.74, 6) is 0. The summed E-state index contributed by atoms with van der Waals surface area (Å²) in [4.78, 5) is 0. The monoisotopic (exact) mass is 1090 g/mol. The van der Waals surface area contributed by atoms with Crippen molar-refractivity contribution < 1.29 is 0 Å². The Labute approximate surface area is 269 Å². The number of rotatable bonds is 15. The van der Waals surface area contributed by atoms with E-state index in [9.17, 15) is 0 Å². The maximum Gasteiger partial charge on any atom is -0.000261 e. The summed E-state index contributed by atoms with van der Waals surface area (Å²) >= 11 is 0. The SMILES string of the molecule is PP(P)P(P(P)P)P(P(P)P)P(P(P(P)P)P(P)P)P(P(P(P)P)P(P)P)P(P(P)P)P(P)P. The Kier molecular flexibility index (Phi) is 37.7. The van der Waals surface area contributed by atoms with E-state index in [1.807, 2.05) is 0 Å². The van der Waals surface area contributed by atoms with E-state index in [-0.39, 0.29) is 112 Å². The quantitative estimate of drug-likeness (QED) is 0.143. The normalized spacial score (nSPS) is 15.9. The zero-order valence-corrected chi connectivity index (χ0v) is 52.6. The van der Waals surface area contributed by atoms with Crippen molar-refractivity contribution in [1.29, 1.82) is 0 Å². The molecule has 34 heavy (non-hydrogen) atoms. The molecule has 20 atom stereocenters. The molecule has 0 nitrogen and oxygen atoms in total. The highest BCUT2D eigenvalue weighted by Crippen LogP contribution is 3.40. The van der Waals surface area contributed by atoms with Crippen LogP contribution >= 0.6 is 273 Å². The summed E-state index contributed by atoms with van der Waals surface area (Å²) in [6.07, 6.45) is 0. The summed E-state index contributed by atoms with van der Waals surface area (Å²) in [5.41, 5.74) is 0. The van der Waals surface area contributed by atoms with Crippen molar-refractivity contribution in [2.45, 2.75) is 0 Å². The fourth-order valence-corrected chi connectivity index (χ4v) is 462. The van der Waals surface area contributed by atoms with Gasteiger partial charge in [-0.2, -0.15) is 0 Å². The highest BCUT2D eigenvalue weighted by atomic mass is 33.5. The second-order valence-electron chi connectivity index (χ2n) is 5.30. The molecule has 0 fully saturated rings. The van der Waals surface area contributed by atoms with Crippen molar-refractivity contribution in [3.05, 3.63) is 0 Å². The van der Waals surface area contributed by atoms with Crippen LogP contribution in [0.1, 0.15) is 0 Å². The van der Waals surface area contributed by atoms with Crippen LogP contribution in [0.25, 0.3) is 0 Å². The molecule has 20 unspecified atom stereocenters. The average molecular weight is 1090 g/mol. The number of hydrogen-bond donors (Lipinski definition) is 0. The molecule has 0 aliphatic rings. The fraction of sp³-hybridized carbons (Fsp3) is 0. The first kappa shape index (κ1) is 48.6. The van der Waals surface area contributed by atoms with Crippen molar-refractivity contribution in [1.82, 2.24) is 0 Å². The molecule has 206 valence electrons. The Balaban J connectivity index is 7.58. The van der Waals surface area contributed by atoms with Gasteiger partial charge in [0.05, 0.1) is 0 Å². The van der Waals surface area contributed by atoms with Crippen molar-refractivity contribution in [2.75, 3.05) is 0 Å². The van der Waals surface area contributed by atoms with Crippen LogP contribution < -0.4 is 0 Å². The predicted molar refractivity (Wildman–Crippen MR) is 285 cm³/mol. The molecular formula is H36P34. The van der Waals surface area contributed by atoms with Gasteiger partial charge in [-0.1, -0.05) is 0 Å². The first-order valence-electron chi connectivity index (χ1n) is 7.65. The molecule has 0 aromatic carbocycles. The van der Waals surface area contributed by atoms with Gasteiger partial charge in [-0.3, -0.25) is 0 Å². The molecule has 0 saturated heterocycles. The maximum atomic E-state index is 3.39. The molecule has 0 radical (unpaired) electrons. The molecule has 0 aromatic rings. The van der Waals surface area contributed by atoms with Crippen LogP contribution in [0.4, 0.5) is 0 Å². The van der Waals surface area contributed by atoms with Crippen molar-refractivity contribution in [2.24, 2.45) is 0 Å². The molecule has 0 N–H and O–H groups in total. The first-order chi connectivity index (χ1) is 15.4. The van der Waals surface area contributed by atoms with E-state index in [0.717, 1.165) is 0 Å². The molecule has 0 spiro atoms. The third-order valence-electron chi connectivity index (χ3n) is 2.82. The van der Waals surface area contributed by atoms with E-state index in [0.29, 0.717) is 0 Å². The minimum atomic E-state index is -0.103. The van der Waals surface area contributed by atoms with Crippen LogP contribution in [-0.2, 0) is 0 Å². The summed E-state index contributed by atoms with van der Waals surface area (Å²) in [5, 5.41) is 0. The largest absolute Gasteiger partial charge is 0.102 e.